The zero-order valence-electron chi connectivity index (χ0n) is 10.6. The highest BCUT2D eigenvalue weighted by Gasteiger charge is 2.14. The lowest BCUT2D eigenvalue weighted by molar-refractivity contribution is 0.112. The standard InChI is InChI=1S/C14H15N3O/c1-11(2)17(7-3-6-15)14-5-4-12(10-18)8-13(14)9-16/h4-5,8,10-11H,3,7H2,1-2H3. The van der Waals surface area contributed by atoms with Crippen molar-refractivity contribution in [2.45, 2.75) is 26.3 Å². The van der Waals surface area contributed by atoms with Crippen molar-refractivity contribution >= 4 is 12.0 Å². The van der Waals surface area contributed by atoms with Crippen molar-refractivity contribution in [1.82, 2.24) is 0 Å². The zero-order valence-corrected chi connectivity index (χ0v) is 10.6. The summed E-state index contributed by atoms with van der Waals surface area (Å²) in [5.41, 5.74) is 1.72. The molecular formula is C14H15N3O. The van der Waals surface area contributed by atoms with Crippen molar-refractivity contribution in [3.63, 3.8) is 0 Å². The summed E-state index contributed by atoms with van der Waals surface area (Å²) in [6.45, 7) is 4.58. The van der Waals surface area contributed by atoms with Crippen molar-refractivity contribution in [3.8, 4) is 12.1 Å². The monoisotopic (exact) mass is 241 g/mol. The Morgan fingerprint density at radius 2 is 2.11 bits per heavy atom. The Bertz CT molecular complexity index is 509. The van der Waals surface area contributed by atoms with E-state index < -0.39 is 0 Å². The minimum Gasteiger partial charge on any atom is -0.367 e. The molecule has 0 fully saturated rings. The Labute approximate surface area is 107 Å². The van der Waals surface area contributed by atoms with Crippen molar-refractivity contribution in [2.75, 3.05) is 11.4 Å². The molecule has 1 aromatic rings. The van der Waals surface area contributed by atoms with Gasteiger partial charge >= 0.3 is 0 Å². The summed E-state index contributed by atoms with van der Waals surface area (Å²) in [5, 5.41) is 17.8. The van der Waals surface area contributed by atoms with Crippen LogP contribution in [0.5, 0.6) is 0 Å². The predicted molar refractivity (Wildman–Crippen MR) is 69.3 cm³/mol. The number of hydrogen-bond acceptors (Lipinski definition) is 4. The van der Waals surface area contributed by atoms with Crippen LogP contribution in [0.15, 0.2) is 18.2 Å². The van der Waals surface area contributed by atoms with Crippen LogP contribution in [-0.2, 0) is 0 Å². The van der Waals surface area contributed by atoms with E-state index in [0.29, 0.717) is 24.1 Å². The molecule has 0 aliphatic heterocycles. The summed E-state index contributed by atoms with van der Waals surface area (Å²) in [4.78, 5) is 12.7. The van der Waals surface area contributed by atoms with Crippen molar-refractivity contribution in [3.05, 3.63) is 29.3 Å². The highest BCUT2D eigenvalue weighted by atomic mass is 16.1. The highest BCUT2D eigenvalue weighted by molar-refractivity contribution is 5.78. The summed E-state index contributed by atoms with van der Waals surface area (Å²) < 4.78 is 0. The lowest BCUT2D eigenvalue weighted by atomic mass is 10.1. The quantitative estimate of drug-likeness (QED) is 0.743. The molecule has 0 spiro atoms. The van der Waals surface area contributed by atoms with E-state index in [0.717, 1.165) is 12.0 Å². The van der Waals surface area contributed by atoms with Gasteiger partial charge in [-0.05, 0) is 32.0 Å². The van der Waals surface area contributed by atoms with E-state index in [-0.39, 0.29) is 6.04 Å². The van der Waals surface area contributed by atoms with Gasteiger partial charge in [0, 0.05) is 18.2 Å². The van der Waals surface area contributed by atoms with E-state index in [4.69, 9.17) is 10.5 Å². The van der Waals surface area contributed by atoms with Gasteiger partial charge in [-0.3, -0.25) is 4.79 Å². The summed E-state index contributed by atoms with van der Waals surface area (Å²) in [7, 11) is 0. The largest absolute Gasteiger partial charge is 0.367 e. The third-order valence-electron chi connectivity index (χ3n) is 2.67. The average molecular weight is 241 g/mol. The van der Waals surface area contributed by atoms with E-state index in [9.17, 15) is 4.79 Å². The van der Waals surface area contributed by atoms with Crippen molar-refractivity contribution in [1.29, 1.82) is 10.5 Å². The second-order valence-electron chi connectivity index (χ2n) is 4.20. The fraction of sp³-hybridized carbons (Fsp3) is 0.357. The molecule has 0 saturated carbocycles. The highest BCUT2D eigenvalue weighted by Crippen LogP contribution is 2.23. The second-order valence-corrected chi connectivity index (χ2v) is 4.20. The molecule has 0 aliphatic rings. The van der Waals surface area contributed by atoms with Crippen LogP contribution in [0.2, 0.25) is 0 Å². The Hall–Kier alpha value is -2.33. The summed E-state index contributed by atoms with van der Waals surface area (Å²) in [6, 6.07) is 9.41. The Morgan fingerprint density at radius 3 is 2.61 bits per heavy atom. The molecule has 0 aliphatic carbocycles. The molecule has 0 N–H and O–H groups in total. The van der Waals surface area contributed by atoms with Crippen molar-refractivity contribution in [2.24, 2.45) is 0 Å². The molecule has 18 heavy (non-hydrogen) atoms. The van der Waals surface area contributed by atoms with Crippen LogP contribution in [0, 0.1) is 22.7 Å². The van der Waals surface area contributed by atoms with Gasteiger partial charge in [-0.1, -0.05) is 0 Å². The number of anilines is 1. The molecule has 0 radical (unpaired) electrons. The van der Waals surface area contributed by atoms with Crippen LogP contribution in [0.25, 0.3) is 0 Å². The van der Waals surface area contributed by atoms with Crippen molar-refractivity contribution < 1.29 is 4.79 Å². The van der Waals surface area contributed by atoms with Gasteiger partial charge in [0.25, 0.3) is 0 Å². The first kappa shape index (κ1) is 13.7. The minimum absolute atomic E-state index is 0.188. The molecule has 0 bridgehead atoms. The maximum atomic E-state index is 10.7. The second kappa shape index (κ2) is 6.42. The van der Waals surface area contributed by atoms with Crippen LogP contribution in [0.4, 0.5) is 5.69 Å². The number of carbonyl (C=O) groups excluding carboxylic acids is 1. The van der Waals surface area contributed by atoms with E-state index >= 15 is 0 Å². The van der Waals surface area contributed by atoms with E-state index in [1.807, 2.05) is 18.7 Å². The van der Waals surface area contributed by atoms with Crippen LogP contribution < -0.4 is 4.90 Å². The van der Waals surface area contributed by atoms with E-state index in [2.05, 4.69) is 12.1 Å². The zero-order chi connectivity index (χ0) is 13.5. The molecule has 92 valence electrons. The average Bonchev–Trinajstić information content (AvgIpc) is 2.38. The maximum absolute atomic E-state index is 10.7. The number of nitriles is 2. The van der Waals surface area contributed by atoms with Gasteiger partial charge in [0.15, 0.2) is 0 Å². The number of benzene rings is 1. The Kier molecular flexibility index (Phi) is 4.90. The first-order chi connectivity index (χ1) is 8.63. The molecule has 0 saturated heterocycles. The topological polar surface area (TPSA) is 67.9 Å². The number of aldehydes is 1. The first-order valence-electron chi connectivity index (χ1n) is 5.77. The summed E-state index contributed by atoms with van der Waals surface area (Å²) in [6.07, 6.45) is 1.12. The Balaban J connectivity index is 3.16. The van der Waals surface area contributed by atoms with Gasteiger partial charge < -0.3 is 4.90 Å². The third kappa shape index (κ3) is 3.09. The number of rotatable bonds is 5. The molecule has 1 rings (SSSR count). The molecule has 1 aromatic carbocycles. The molecule has 4 nitrogen and oxygen atoms in total. The molecule has 0 heterocycles. The molecule has 0 amide bonds. The number of hydrogen-bond donors (Lipinski definition) is 0. The number of carbonyl (C=O) groups is 1. The van der Waals surface area contributed by atoms with Gasteiger partial charge in [0.1, 0.15) is 12.4 Å². The minimum atomic E-state index is 0.188. The maximum Gasteiger partial charge on any atom is 0.150 e. The van der Waals surface area contributed by atoms with E-state index in [1.165, 1.54) is 0 Å². The SMILES string of the molecule is CC(C)N(CCC#N)c1ccc(C=O)cc1C#N. The third-order valence-corrected chi connectivity index (χ3v) is 2.67. The van der Waals surface area contributed by atoms with Gasteiger partial charge in [-0.25, -0.2) is 0 Å². The normalized spacial score (nSPS) is 9.61. The lowest BCUT2D eigenvalue weighted by Gasteiger charge is -2.29. The first-order valence-corrected chi connectivity index (χ1v) is 5.77. The molecule has 0 unspecified atom stereocenters. The summed E-state index contributed by atoms with van der Waals surface area (Å²) >= 11 is 0. The molecule has 4 heteroatoms. The van der Waals surface area contributed by atoms with Crippen LogP contribution in [-0.4, -0.2) is 18.9 Å². The predicted octanol–water partition coefficient (Wildman–Crippen LogP) is 2.50. The van der Waals surface area contributed by atoms with Crippen LogP contribution in [0.3, 0.4) is 0 Å². The fourth-order valence-electron chi connectivity index (χ4n) is 1.79. The molecular weight excluding hydrogens is 226 g/mol. The Morgan fingerprint density at radius 1 is 1.39 bits per heavy atom. The molecule has 0 aromatic heterocycles. The smallest absolute Gasteiger partial charge is 0.150 e. The van der Waals surface area contributed by atoms with Crippen LogP contribution >= 0.6 is 0 Å². The van der Waals surface area contributed by atoms with Gasteiger partial charge in [-0.2, -0.15) is 10.5 Å². The van der Waals surface area contributed by atoms with Gasteiger partial charge in [0.05, 0.1) is 23.7 Å². The van der Waals surface area contributed by atoms with E-state index in [1.54, 1.807) is 18.2 Å². The van der Waals surface area contributed by atoms with Gasteiger partial charge in [-0.15, -0.1) is 0 Å². The summed E-state index contributed by atoms with van der Waals surface area (Å²) in [5.74, 6) is 0. The number of nitrogens with zero attached hydrogens (tertiary/aromatic N) is 3. The fourth-order valence-corrected chi connectivity index (χ4v) is 1.79. The lowest BCUT2D eigenvalue weighted by Crippen LogP contribution is -2.32. The van der Waals surface area contributed by atoms with Gasteiger partial charge in [0.2, 0.25) is 0 Å². The molecule has 0 atom stereocenters. The van der Waals surface area contributed by atoms with Crippen LogP contribution in [0.1, 0.15) is 36.2 Å².